The SMILES string of the molecule is CCOc1cc(C(C)C)c(C(=O)CCC(=O)OCc2ccccc2)cc1C. The zero-order valence-corrected chi connectivity index (χ0v) is 16.6. The molecule has 4 nitrogen and oxygen atoms in total. The highest BCUT2D eigenvalue weighted by Crippen LogP contribution is 2.29. The van der Waals surface area contributed by atoms with Crippen LogP contribution in [0.25, 0.3) is 0 Å². The van der Waals surface area contributed by atoms with Crippen LogP contribution in [0, 0.1) is 6.92 Å². The van der Waals surface area contributed by atoms with Crippen molar-refractivity contribution in [3.63, 3.8) is 0 Å². The van der Waals surface area contributed by atoms with Crippen molar-refractivity contribution in [1.82, 2.24) is 0 Å². The van der Waals surface area contributed by atoms with Gasteiger partial charge in [0.1, 0.15) is 12.4 Å². The van der Waals surface area contributed by atoms with Crippen LogP contribution in [0.5, 0.6) is 5.75 Å². The molecule has 0 aromatic heterocycles. The molecule has 4 heteroatoms. The maximum atomic E-state index is 12.7. The second-order valence-electron chi connectivity index (χ2n) is 6.86. The summed E-state index contributed by atoms with van der Waals surface area (Å²) in [6, 6.07) is 13.3. The van der Waals surface area contributed by atoms with Crippen LogP contribution in [-0.4, -0.2) is 18.4 Å². The van der Waals surface area contributed by atoms with Crippen LogP contribution in [0.3, 0.4) is 0 Å². The summed E-state index contributed by atoms with van der Waals surface area (Å²) >= 11 is 0. The first-order valence-electron chi connectivity index (χ1n) is 9.42. The molecule has 0 aliphatic heterocycles. The topological polar surface area (TPSA) is 52.6 Å². The van der Waals surface area contributed by atoms with Gasteiger partial charge >= 0.3 is 5.97 Å². The minimum atomic E-state index is -0.360. The van der Waals surface area contributed by atoms with E-state index in [1.807, 2.05) is 70.2 Å². The molecule has 0 heterocycles. The molecule has 0 saturated carbocycles. The fourth-order valence-corrected chi connectivity index (χ4v) is 2.89. The zero-order valence-electron chi connectivity index (χ0n) is 16.6. The van der Waals surface area contributed by atoms with Crippen molar-refractivity contribution in [2.24, 2.45) is 0 Å². The molecule has 144 valence electrons. The van der Waals surface area contributed by atoms with Crippen LogP contribution >= 0.6 is 0 Å². The van der Waals surface area contributed by atoms with Gasteiger partial charge in [-0.1, -0.05) is 44.2 Å². The Morgan fingerprint density at radius 3 is 2.37 bits per heavy atom. The average molecular weight is 368 g/mol. The second kappa shape index (κ2) is 9.91. The van der Waals surface area contributed by atoms with Crippen LogP contribution in [0.1, 0.15) is 66.6 Å². The van der Waals surface area contributed by atoms with E-state index in [0.29, 0.717) is 12.2 Å². The highest BCUT2D eigenvalue weighted by atomic mass is 16.5. The summed E-state index contributed by atoms with van der Waals surface area (Å²) in [5.41, 5.74) is 3.48. The van der Waals surface area contributed by atoms with E-state index < -0.39 is 0 Å². The van der Waals surface area contributed by atoms with Crippen molar-refractivity contribution < 1.29 is 19.1 Å². The minimum Gasteiger partial charge on any atom is -0.494 e. The van der Waals surface area contributed by atoms with Crippen molar-refractivity contribution in [1.29, 1.82) is 0 Å². The quantitative estimate of drug-likeness (QED) is 0.449. The summed E-state index contributed by atoms with van der Waals surface area (Å²) in [7, 11) is 0. The molecule has 0 radical (unpaired) electrons. The Morgan fingerprint density at radius 2 is 1.74 bits per heavy atom. The molecule has 0 unspecified atom stereocenters. The van der Waals surface area contributed by atoms with Gasteiger partial charge in [-0.15, -0.1) is 0 Å². The summed E-state index contributed by atoms with van der Waals surface area (Å²) in [5.74, 6) is 0.594. The molecule has 0 aliphatic rings. The van der Waals surface area contributed by atoms with Crippen molar-refractivity contribution in [3.05, 3.63) is 64.7 Å². The number of carbonyl (C=O) groups excluding carboxylic acids is 2. The number of aryl methyl sites for hydroxylation is 1. The Kier molecular flexibility index (Phi) is 7.59. The maximum absolute atomic E-state index is 12.7. The van der Waals surface area contributed by atoms with Gasteiger partial charge < -0.3 is 9.47 Å². The van der Waals surface area contributed by atoms with Gasteiger partial charge in [-0.2, -0.15) is 0 Å². The second-order valence-corrected chi connectivity index (χ2v) is 6.86. The predicted octanol–water partition coefficient (Wildman–Crippen LogP) is 5.22. The molecule has 0 spiro atoms. The monoisotopic (exact) mass is 368 g/mol. The first-order chi connectivity index (χ1) is 12.9. The Morgan fingerprint density at radius 1 is 1.04 bits per heavy atom. The number of ketones is 1. The molecule has 0 N–H and O–H groups in total. The lowest BCUT2D eigenvalue weighted by Crippen LogP contribution is -2.11. The predicted molar refractivity (Wildman–Crippen MR) is 106 cm³/mol. The average Bonchev–Trinajstić information content (AvgIpc) is 2.66. The van der Waals surface area contributed by atoms with Gasteiger partial charge in [0.05, 0.1) is 13.0 Å². The first-order valence-corrected chi connectivity index (χ1v) is 9.42. The first kappa shape index (κ1) is 20.7. The molecular weight excluding hydrogens is 340 g/mol. The van der Waals surface area contributed by atoms with Gasteiger partial charge in [-0.05, 0) is 48.6 Å². The molecule has 0 atom stereocenters. The molecule has 2 aromatic carbocycles. The zero-order chi connectivity index (χ0) is 19.8. The van der Waals surface area contributed by atoms with Crippen LogP contribution in [0.2, 0.25) is 0 Å². The van der Waals surface area contributed by atoms with E-state index >= 15 is 0 Å². The molecule has 0 amide bonds. The summed E-state index contributed by atoms with van der Waals surface area (Å²) in [6.45, 7) is 8.78. The Labute approximate surface area is 161 Å². The third-order valence-corrected chi connectivity index (χ3v) is 4.37. The van der Waals surface area contributed by atoms with E-state index in [1.54, 1.807) is 0 Å². The van der Waals surface area contributed by atoms with Crippen molar-refractivity contribution in [2.75, 3.05) is 6.61 Å². The van der Waals surface area contributed by atoms with Gasteiger partial charge in [0.15, 0.2) is 5.78 Å². The van der Waals surface area contributed by atoms with Crippen molar-refractivity contribution >= 4 is 11.8 Å². The lowest BCUT2D eigenvalue weighted by molar-refractivity contribution is -0.144. The maximum Gasteiger partial charge on any atom is 0.306 e. The Hall–Kier alpha value is -2.62. The minimum absolute atomic E-state index is 0.0403. The van der Waals surface area contributed by atoms with Crippen LogP contribution in [-0.2, 0) is 16.1 Å². The number of rotatable bonds is 9. The number of ether oxygens (including phenoxy) is 2. The highest BCUT2D eigenvalue weighted by Gasteiger charge is 2.18. The normalized spacial score (nSPS) is 10.7. The number of Topliss-reactive ketones (excluding diaryl/α,β-unsaturated/α-hetero) is 1. The van der Waals surface area contributed by atoms with E-state index in [0.717, 1.165) is 22.4 Å². The van der Waals surface area contributed by atoms with Crippen LogP contribution < -0.4 is 4.74 Å². The van der Waals surface area contributed by atoms with Gasteiger partial charge in [-0.25, -0.2) is 0 Å². The molecule has 2 aromatic rings. The van der Waals surface area contributed by atoms with E-state index in [1.165, 1.54) is 0 Å². The molecule has 0 fully saturated rings. The van der Waals surface area contributed by atoms with Gasteiger partial charge in [0, 0.05) is 12.0 Å². The number of hydrogen-bond donors (Lipinski definition) is 0. The van der Waals surface area contributed by atoms with E-state index in [4.69, 9.17) is 9.47 Å². The summed E-state index contributed by atoms with van der Waals surface area (Å²) in [5, 5.41) is 0. The smallest absolute Gasteiger partial charge is 0.306 e. The fraction of sp³-hybridized carbons (Fsp3) is 0.391. The fourth-order valence-electron chi connectivity index (χ4n) is 2.89. The van der Waals surface area contributed by atoms with Gasteiger partial charge in [-0.3, -0.25) is 9.59 Å². The van der Waals surface area contributed by atoms with Crippen LogP contribution in [0.15, 0.2) is 42.5 Å². The number of hydrogen-bond acceptors (Lipinski definition) is 4. The lowest BCUT2D eigenvalue weighted by atomic mass is 9.91. The molecule has 2 rings (SSSR count). The number of carbonyl (C=O) groups is 2. The van der Waals surface area contributed by atoms with E-state index in [-0.39, 0.29) is 37.1 Å². The van der Waals surface area contributed by atoms with Gasteiger partial charge in [0.25, 0.3) is 0 Å². The van der Waals surface area contributed by atoms with E-state index in [2.05, 4.69) is 0 Å². The van der Waals surface area contributed by atoms with Gasteiger partial charge in [0.2, 0.25) is 0 Å². The van der Waals surface area contributed by atoms with Crippen LogP contribution in [0.4, 0.5) is 0 Å². The summed E-state index contributed by atoms with van der Waals surface area (Å²) in [4.78, 5) is 24.7. The third kappa shape index (κ3) is 5.95. The molecule has 0 saturated heterocycles. The van der Waals surface area contributed by atoms with Crippen molar-refractivity contribution in [3.8, 4) is 5.75 Å². The Balaban J connectivity index is 2.00. The highest BCUT2D eigenvalue weighted by molar-refractivity contribution is 5.99. The molecular formula is C23H28O4. The standard InChI is InChI=1S/C23H28O4/c1-5-26-22-14-19(16(2)3)20(13-17(22)4)21(24)11-12-23(25)27-15-18-9-7-6-8-10-18/h6-10,13-14,16H,5,11-12,15H2,1-4H3. The Bertz CT molecular complexity index is 778. The van der Waals surface area contributed by atoms with E-state index in [9.17, 15) is 9.59 Å². The third-order valence-electron chi connectivity index (χ3n) is 4.37. The van der Waals surface area contributed by atoms with Crippen molar-refractivity contribution in [2.45, 2.75) is 53.1 Å². The summed E-state index contributed by atoms with van der Waals surface area (Å²) in [6.07, 6.45) is 0.218. The number of benzene rings is 2. The summed E-state index contributed by atoms with van der Waals surface area (Å²) < 4.78 is 10.9. The lowest BCUT2D eigenvalue weighted by Gasteiger charge is -2.16. The largest absolute Gasteiger partial charge is 0.494 e. The molecule has 27 heavy (non-hydrogen) atoms. The number of esters is 1. The molecule has 0 bridgehead atoms. The molecule has 0 aliphatic carbocycles.